The van der Waals surface area contributed by atoms with E-state index in [0.29, 0.717) is 5.56 Å². The van der Waals surface area contributed by atoms with Crippen LogP contribution in [0.2, 0.25) is 0 Å². The third-order valence-corrected chi connectivity index (χ3v) is 7.75. The first-order chi connectivity index (χ1) is 20.1. The average Bonchev–Trinajstić information content (AvgIpc) is 3.51. The number of fused-ring (bicyclic) bond motifs is 5. The molecular formula is C33H15F2N5S. The number of aromatic nitrogens is 3. The fourth-order valence-corrected chi connectivity index (χ4v) is 5.74. The average molecular weight is 552 g/mol. The first-order valence-corrected chi connectivity index (χ1v) is 13.3. The molecule has 41 heavy (non-hydrogen) atoms. The first-order valence-electron chi connectivity index (χ1n) is 12.5. The summed E-state index contributed by atoms with van der Waals surface area (Å²) in [5.41, 5.74) is 5.52. The van der Waals surface area contributed by atoms with Crippen LogP contribution in [0.3, 0.4) is 0 Å². The van der Waals surface area contributed by atoms with Crippen molar-refractivity contribution in [2.24, 2.45) is 0 Å². The van der Waals surface area contributed by atoms with Gasteiger partial charge in [-0.05, 0) is 41.0 Å². The number of pyridine rings is 1. The Morgan fingerprint density at radius 2 is 1.32 bits per heavy atom. The van der Waals surface area contributed by atoms with E-state index in [1.165, 1.54) is 17.8 Å². The van der Waals surface area contributed by atoms with E-state index >= 15 is 0 Å². The van der Waals surface area contributed by atoms with E-state index in [-0.39, 0.29) is 11.1 Å². The summed E-state index contributed by atoms with van der Waals surface area (Å²) in [7, 11) is 0. The monoisotopic (exact) mass is 551 g/mol. The van der Waals surface area contributed by atoms with Crippen LogP contribution >= 0.6 is 11.7 Å². The first kappa shape index (κ1) is 24.5. The van der Waals surface area contributed by atoms with Crippen LogP contribution < -0.4 is 0 Å². The zero-order valence-corrected chi connectivity index (χ0v) is 21.9. The Bertz CT molecular complexity index is 2240. The van der Waals surface area contributed by atoms with Crippen LogP contribution in [-0.2, 0) is 0 Å². The van der Waals surface area contributed by atoms with E-state index in [1.54, 1.807) is 18.2 Å². The maximum atomic E-state index is 14.9. The summed E-state index contributed by atoms with van der Waals surface area (Å²) in [5.74, 6) is -2.13. The van der Waals surface area contributed by atoms with Crippen molar-refractivity contribution in [3.8, 4) is 45.6 Å². The highest BCUT2D eigenvalue weighted by atomic mass is 32.1. The Hall–Kier alpha value is -5.57. The van der Waals surface area contributed by atoms with Gasteiger partial charge in [0, 0.05) is 27.3 Å². The molecule has 0 amide bonds. The molecule has 2 heterocycles. The van der Waals surface area contributed by atoms with Crippen LogP contribution in [0.4, 0.5) is 8.78 Å². The molecule has 0 bridgehead atoms. The second-order valence-electron chi connectivity index (χ2n) is 9.45. The van der Waals surface area contributed by atoms with Crippen molar-refractivity contribution in [3.05, 3.63) is 114 Å². The quantitative estimate of drug-likeness (QED) is 0.206. The molecule has 0 N–H and O–H groups in total. The number of hydrogen-bond donors (Lipinski definition) is 0. The lowest BCUT2D eigenvalue weighted by Crippen LogP contribution is -1.98. The highest BCUT2D eigenvalue weighted by Gasteiger charge is 2.20. The van der Waals surface area contributed by atoms with E-state index in [1.807, 2.05) is 66.7 Å². The molecule has 5 nitrogen and oxygen atoms in total. The molecule has 0 saturated heterocycles. The molecule has 8 heteroatoms. The van der Waals surface area contributed by atoms with Crippen molar-refractivity contribution in [2.45, 2.75) is 0 Å². The fourth-order valence-electron chi connectivity index (χ4n) is 5.19. The van der Waals surface area contributed by atoms with Crippen LogP contribution in [0.1, 0.15) is 11.1 Å². The van der Waals surface area contributed by atoms with Crippen molar-refractivity contribution < 1.29 is 8.78 Å². The summed E-state index contributed by atoms with van der Waals surface area (Å²) >= 11 is 1.20. The predicted octanol–water partition coefficient (Wildman–Crippen LogP) is 8.42. The minimum absolute atomic E-state index is 0.0000690. The molecule has 0 unspecified atom stereocenters. The van der Waals surface area contributed by atoms with Gasteiger partial charge < -0.3 is 0 Å². The molecule has 192 valence electrons. The van der Waals surface area contributed by atoms with Gasteiger partial charge in [-0.2, -0.15) is 19.3 Å². The topological polar surface area (TPSA) is 86.2 Å². The minimum Gasteiger partial charge on any atom is -0.247 e. The van der Waals surface area contributed by atoms with Crippen molar-refractivity contribution in [2.75, 3.05) is 0 Å². The van der Waals surface area contributed by atoms with E-state index in [0.717, 1.165) is 61.2 Å². The smallest absolute Gasteiger partial charge is 0.161 e. The van der Waals surface area contributed by atoms with Crippen molar-refractivity contribution >= 4 is 44.4 Å². The van der Waals surface area contributed by atoms with Gasteiger partial charge in [-0.25, -0.2) is 13.8 Å². The van der Waals surface area contributed by atoms with Crippen LogP contribution in [0.15, 0.2) is 91.0 Å². The third kappa shape index (κ3) is 3.89. The predicted molar refractivity (Wildman–Crippen MR) is 156 cm³/mol. The molecule has 0 aliphatic carbocycles. The van der Waals surface area contributed by atoms with Crippen LogP contribution in [0, 0.1) is 34.3 Å². The molecule has 5 aromatic carbocycles. The van der Waals surface area contributed by atoms with E-state index in [4.69, 9.17) is 4.98 Å². The number of benzene rings is 5. The summed E-state index contributed by atoms with van der Waals surface area (Å²) in [4.78, 5) is 5.00. The second-order valence-corrected chi connectivity index (χ2v) is 9.98. The van der Waals surface area contributed by atoms with Crippen molar-refractivity contribution in [1.29, 1.82) is 10.5 Å². The normalized spacial score (nSPS) is 11.1. The Morgan fingerprint density at radius 1 is 0.634 bits per heavy atom. The Balaban J connectivity index is 1.28. The molecule has 0 radical (unpaired) electrons. The summed E-state index contributed by atoms with van der Waals surface area (Å²) < 4.78 is 38.0. The highest BCUT2D eigenvalue weighted by Crippen LogP contribution is 2.37. The molecule has 0 saturated carbocycles. The second kappa shape index (κ2) is 9.56. The minimum atomic E-state index is -1.14. The molecular weight excluding hydrogens is 536 g/mol. The Labute approximate surface area is 236 Å². The number of halogens is 2. The zero-order valence-electron chi connectivity index (χ0n) is 21.1. The van der Waals surface area contributed by atoms with Crippen molar-refractivity contribution in [3.63, 3.8) is 0 Å². The number of para-hydroxylation sites is 1. The van der Waals surface area contributed by atoms with Crippen LogP contribution in [0.5, 0.6) is 0 Å². The number of nitrogens with zero attached hydrogens (tertiary/aromatic N) is 5. The zero-order chi connectivity index (χ0) is 28.1. The maximum Gasteiger partial charge on any atom is 0.161 e. The highest BCUT2D eigenvalue weighted by molar-refractivity contribution is 7.00. The van der Waals surface area contributed by atoms with Crippen LogP contribution in [0.25, 0.3) is 66.2 Å². The molecule has 2 aromatic heterocycles. The largest absolute Gasteiger partial charge is 0.247 e. The lowest BCUT2D eigenvalue weighted by Gasteiger charge is -2.11. The summed E-state index contributed by atoms with van der Waals surface area (Å²) in [6.45, 7) is 0. The van der Waals surface area contributed by atoms with Gasteiger partial charge in [-0.15, -0.1) is 0 Å². The lowest BCUT2D eigenvalue weighted by molar-refractivity contribution is 0.576. The molecule has 7 rings (SSSR count). The Morgan fingerprint density at radius 3 is 2.02 bits per heavy atom. The van der Waals surface area contributed by atoms with Crippen molar-refractivity contribution in [1.82, 2.24) is 13.7 Å². The summed E-state index contributed by atoms with van der Waals surface area (Å²) in [6.07, 6.45) is 0. The van der Waals surface area contributed by atoms with Gasteiger partial charge in [-0.1, -0.05) is 66.7 Å². The fraction of sp³-hybridized carbons (Fsp3) is 0. The number of hydrogen-bond acceptors (Lipinski definition) is 6. The number of nitriles is 2. The van der Waals surface area contributed by atoms with Gasteiger partial charge in [0.15, 0.2) is 11.6 Å². The molecule has 0 aliphatic rings. The van der Waals surface area contributed by atoms with Gasteiger partial charge in [0.05, 0.1) is 28.5 Å². The molecule has 0 aliphatic heterocycles. The van der Waals surface area contributed by atoms with Gasteiger partial charge in [0.1, 0.15) is 28.7 Å². The van der Waals surface area contributed by atoms with Gasteiger partial charge >= 0.3 is 0 Å². The maximum absolute atomic E-state index is 14.9. The molecule has 7 aromatic rings. The SMILES string of the molecule is N#Cc1cc(-c2ccc(-c3ccc(-c4nc5ccccc5c5c4ccc4nsnc45)cc3)cc2)c(F)c(C#N)c1F. The molecule has 0 atom stereocenters. The standard InChI is InChI=1S/C33H15F2N5S/c34-30-22(16-36)15-25(31(35)26(30)17-37)20-9-5-18(6-10-20)19-7-11-21(12-8-19)32-24-13-14-28-33(40-41-39-28)29(24)23-3-1-2-4-27(23)38-32/h1-15H. The van der Waals surface area contributed by atoms with Gasteiger partial charge in [0.2, 0.25) is 0 Å². The molecule has 0 fully saturated rings. The van der Waals surface area contributed by atoms with Gasteiger partial charge in [0.25, 0.3) is 0 Å². The van der Waals surface area contributed by atoms with Crippen LogP contribution in [-0.4, -0.2) is 13.7 Å². The molecule has 0 spiro atoms. The van der Waals surface area contributed by atoms with E-state index in [9.17, 15) is 19.3 Å². The summed E-state index contributed by atoms with van der Waals surface area (Å²) in [6, 6.07) is 31.4. The Kier molecular flexibility index (Phi) is 5.71. The summed E-state index contributed by atoms with van der Waals surface area (Å²) in [5, 5.41) is 21.5. The van der Waals surface area contributed by atoms with E-state index < -0.39 is 17.2 Å². The van der Waals surface area contributed by atoms with E-state index in [2.05, 4.69) is 14.8 Å². The third-order valence-electron chi connectivity index (χ3n) is 7.21. The lowest BCUT2D eigenvalue weighted by atomic mass is 9.95. The van der Waals surface area contributed by atoms with Gasteiger partial charge in [-0.3, -0.25) is 0 Å². The number of rotatable bonds is 3.